The lowest BCUT2D eigenvalue weighted by molar-refractivity contribution is -0.138. The third-order valence-electron chi connectivity index (χ3n) is 2.80. The number of methoxy groups -OCH3 is 1. The van der Waals surface area contributed by atoms with Gasteiger partial charge in [-0.2, -0.15) is 0 Å². The summed E-state index contributed by atoms with van der Waals surface area (Å²) in [6, 6.07) is 7.37. The Morgan fingerprint density at radius 3 is 2.76 bits per heavy atom. The molecular weight excluding hydrogens is 218 g/mol. The molecule has 0 aliphatic carbocycles. The highest BCUT2D eigenvalue weighted by molar-refractivity contribution is 5.92. The Bertz CT molecular complexity index is 566. The average molecular weight is 231 g/mol. The number of rotatable bonds is 3. The number of nitrogens with zero attached hydrogens (tertiary/aromatic N) is 1. The van der Waals surface area contributed by atoms with Crippen LogP contribution >= 0.6 is 0 Å². The second-order valence-corrected chi connectivity index (χ2v) is 3.81. The van der Waals surface area contributed by atoms with E-state index >= 15 is 0 Å². The minimum atomic E-state index is -0.882. The Labute approximate surface area is 98.9 Å². The summed E-state index contributed by atoms with van der Waals surface area (Å²) in [6.45, 7) is 1.63. The number of ether oxygens (including phenoxy) is 1. The van der Waals surface area contributed by atoms with Gasteiger partial charge in [-0.3, -0.25) is 9.78 Å². The van der Waals surface area contributed by atoms with Crippen molar-refractivity contribution in [3.8, 4) is 5.75 Å². The van der Waals surface area contributed by atoms with Crippen molar-refractivity contribution >= 4 is 16.7 Å². The summed E-state index contributed by atoms with van der Waals surface area (Å²) >= 11 is 0. The Morgan fingerprint density at radius 2 is 2.12 bits per heavy atom. The van der Waals surface area contributed by atoms with Gasteiger partial charge in [-0.05, 0) is 19.1 Å². The molecule has 1 N–H and O–H groups in total. The van der Waals surface area contributed by atoms with E-state index < -0.39 is 11.9 Å². The van der Waals surface area contributed by atoms with Crippen LogP contribution in [0.3, 0.4) is 0 Å². The van der Waals surface area contributed by atoms with E-state index in [0.29, 0.717) is 5.69 Å². The number of pyridine rings is 1. The molecule has 88 valence electrons. The smallest absolute Gasteiger partial charge is 0.312 e. The standard InChI is InChI=1S/C13H13NO3/c1-8(13(15)16)12-10-4-3-5-11(17-2)9(10)6-7-14-12/h3-8H,1-2H3,(H,15,16). The van der Waals surface area contributed by atoms with E-state index in [4.69, 9.17) is 9.84 Å². The lowest BCUT2D eigenvalue weighted by Gasteiger charge is -2.11. The molecule has 2 rings (SSSR count). The van der Waals surface area contributed by atoms with Gasteiger partial charge in [-0.25, -0.2) is 0 Å². The number of hydrogen-bond donors (Lipinski definition) is 1. The number of benzene rings is 1. The highest BCUT2D eigenvalue weighted by atomic mass is 16.5. The molecule has 0 amide bonds. The zero-order valence-corrected chi connectivity index (χ0v) is 9.68. The predicted octanol–water partition coefficient (Wildman–Crippen LogP) is 2.43. The molecule has 0 fully saturated rings. The fourth-order valence-electron chi connectivity index (χ4n) is 1.84. The Hall–Kier alpha value is -2.10. The molecule has 0 saturated carbocycles. The molecule has 1 aromatic carbocycles. The predicted molar refractivity (Wildman–Crippen MR) is 64.3 cm³/mol. The van der Waals surface area contributed by atoms with Crippen LogP contribution in [0, 0.1) is 0 Å². The molecule has 1 atom stereocenters. The highest BCUT2D eigenvalue weighted by Gasteiger charge is 2.18. The van der Waals surface area contributed by atoms with Gasteiger partial charge in [-0.15, -0.1) is 0 Å². The Kier molecular flexibility index (Phi) is 2.95. The molecule has 2 aromatic rings. The third kappa shape index (κ3) is 1.93. The van der Waals surface area contributed by atoms with Gasteiger partial charge in [-0.1, -0.05) is 12.1 Å². The molecule has 1 aromatic heterocycles. The van der Waals surface area contributed by atoms with Crippen molar-refractivity contribution in [3.63, 3.8) is 0 Å². The van der Waals surface area contributed by atoms with E-state index in [2.05, 4.69) is 4.98 Å². The van der Waals surface area contributed by atoms with E-state index in [1.807, 2.05) is 24.3 Å². The van der Waals surface area contributed by atoms with Gasteiger partial charge in [0.25, 0.3) is 0 Å². The third-order valence-corrected chi connectivity index (χ3v) is 2.80. The number of hydrogen-bond acceptors (Lipinski definition) is 3. The van der Waals surface area contributed by atoms with E-state index in [1.54, 1.807) is 20.2 Å². The van der Waals surface area contributed by atoms with Crippen LogP contribution in [-0.2, 0) is 4.79 Å². The average Bonchev–Trinajstić information content (AvgIpc) is 2.36. The number of fused-ring (bicyclic) bond motifs is 1. The number of carboxylic acid groups (broad SMARTS) is 1. The minimum absolute atomic E-state index is 0.564. The van der Waals surface area contributed by atoms with Crippen LogP contribution in [0.15, 0.2) is 30.5 Å². The van der Waals surface area contributed by atoms with Gasteiger partial charge in [0.2, 0.25) is 0 Å². The summed E-state index contributed by atoms with van der Waals surface area (Å²) in [5, 5.41) is 10.8. The first kappa shape index (κ1) is 11.4. The maximum absolute atomic E-state index is 11.0. The van der Waals surface area contributed by atoms with E-state index in [1.165, 1.54) is 0 Å². The summed E-state index contributed by atoms with van der Waals surface area (Å²) in [5.41, 5.74) is 0.564. The van der Waals surface area contributed by atoms with E-state index in [0.717, 1.165) is 16.5 Å². The summed E-state index contributed by atoms with van der Waals surface area (Å²) in [4.78, 5) is 15.2. The zero-order valence-electron chi connectivity index (χ0n) is 9.68. The van der Waals surface area contributed by atoms with Crippen molar-refractivity contribution in [1.29, 1.82) is 0 Å². The zero-order chi connectivity index (χ0) is 12.4. The molecule has 0 aliphatic rings. The molecule has 0 radical (unpaired) electrons. The van der Waals surface area contributed by atoms with Crippen molar-refractivity contribution in [3.05, 3.63) is 36.2 Å². The number of carboxylic acids is 1. The van der Waals surface area contributed by atoms with Crippen LogP contribution in [0.4, 0.5) is 0 Å². The largest absolute Gasteiger partial charge is 0.496 e. The fourth-order valence-corrected chi connectivity index (χ4v) is 1.84. The molecule has 17 heavy (non-hydrogen) atoms. The van der Waals surface area contributed by atoms with Gasteiger partial charge >= 0.3 is 5.97 Å². The van der Waals surface area contributed by atoms with Crippen molar-refractivity contribution in [1.82, 2.24) is 4.98 Å². The lowest BCUT2D eigenvalue weighted by Crippen LogP contribution is -2.09. The minimum Gasteiger partial charge on any atom is -0.496 e. The molecule has 0 spiro atoms. The second-order valence-electron chi connectivity index (χ2n) is 3.81. The van der Waals surface area contributed by atoms with Crippen molar-refractivity contribution in [2.24, 2.45) is 0 Å². The molecule has 0 bridgehead atoms. The van der Waals surface area contributed by atoms with Gasteiger partial charge in [0.1, 0.15) is 5.75 Å². The van der Waals surface area contributed by atoms with Crippen molar-refractivity contribution in [2.45, 2.75) is 12.8 Å². The number of aromatic nitrogens is 1. The Morgan fingerprint density at radius 1 is 1.35 bits per heavy atom. The molecule has 0 saturated heterocycles. The van der Waals surface area contributed by atoms with Gasteiger partial charge in [0, 0.05) is 17.0 Å². The quantitative estimate of drug-likeness (QED) is 0.881. The van der Waals surface area contributed by atoms with Crippen LogP contribution < -0.4 is 4.74 Å². The van der Waals surface area contributed by atoms with Crippen molar-refractivity contribution < 1.29 is 14.6 Å². The van der Waals surface area contributed by atoms with E-state index in [9.17, 15) is 4.79 Å². The van der Waals surface area contributed by atoms with Crippen LogP contribution in [-0.4, -0.2) is 23.2 Å². The maximum atomic E-state index is 11.0. The first-order valence-corrected chi connectivity index (χ1v) is 5.29. The van der Waals surface area contributed by atoms with Gasteiger partial charge in [0.05, 0.1) is 18.7 Å². The second kappa shape index (κ2) is 4.41. The molecule has 1 unspecified atom stereocenters. The van der Waals surface area contributed by atoms with Crippen LogP contribution in [0.5, 0.6) is 5.75 Å². The molecule has 4 heteroatoms. The lowest BCUT2D eigenvalue weighted by atomic mass is 10.0. The normalized spacial score (nSPS) is 12.4. The summed E-state index contributed by atoms with van der Waals surface area (Å²) in [5.74, 6) is -0.789. The molecule has 0 aliphatic heterocycles. The van der Waals surface area contributed by atoms with Crippen LogP contribution in [0.2, 0.25) is 0 Å². The van der Waals surface area contributed by atoms with Crippen LogP contribution in [0.1, 0.15) is 18.5 Å². The summed E-state index contributed by atoms with van der Waals surface area (Å²) in [7, 11) is 1.59. The van der Waals surface area contributed by atoms with Crippen LogP contribution in [0.25, 0.3) is 10.8 Å². The molecular formula is C13H13NO3. The first-order chi connectivity index (χ1) is 8.15. The number of carbonyl (C=O) groups is 1. The highest BCUT2D eigenvalue weighted by Crippen LogP contribution is 2.29. The topological polar surface area (TPSA) is 59.4 Å². The summed E-state index contributed by atoms with van der Waals surface area (Å²) < 4.78 is 5.25. The van der Waals surface area contributed by atoms with Crippen molar-refractivity contribution in [2.75, 3.05) is 7.11 Å². The molecule has 1 heterocycles. The maximum Gasteiger partial charge on any atom is 0.312 e. The first-order valence-electron chi connectivity index (χ1n) is 5.29. The molecule has 4 nitrogen and oxygen atoms in total. The fraction of sp³-hybridized carbons (Fsp3) is 0.231. The van der Waals surface area contributed by atoms with Gasteiger partial charge < -0.3 is 9.84 Å². The summed E-state index contributed by atoms with van der Waals surface area (Å²) in [6.07, 6.45) is 1.61. The number of aliphatic carboxylic acids is 1. The Balaban J connectivity index is 2.70. The SMILES string of the molecule is COc1cccc2c(C(C)C(=O)O)nccc12. The monoisotopic (exact) mass is 231 g/mol. The van der Waals surface area contributed by atoms with E-state index in [-0.39, 0.29) is 0 Å². The van der Waals surface area contributed by atoms with Gasteiger partial charge in [0.15, 0.2) is 0 Å².